The number of ether oxygens (including phenoxy) is 1. The molecule has 17 heavy (non-hydrogen) atoms. The van der Waals surface area contributed by atoms with Crippen LogP contribution < -0.4 is 4.74 Å². The molecule has 0 amide bonds. The lowest BCUT2D eigenvalue weighted by Gasteiger charge is -2.26. The fourth-order valence-corrected chi connectivity index (χ4v) is 2.43. The van der Waals surface area contributed by atoms with Crippen molar-refractivity contribution in [3.8, 4) is 5.75 Å². The molecule has 1 aromatic carbocycles. The second-order valence-corrected chi connectivity index (χ2v) is 5.16. The van der Waals surface area contributed by atoms with Gasteiger partial charge in [-0.3, -0.25) is 0 Å². The predicted molar refractivity (Wildman–Crippen MR) is 70.4 cm³/mol. The Hall–Kier alpha value is -1.06. The molecule has 2 rings (SSSR count). The summed E-state index contributed by atoms with van der Waals surface area (Å²) in [5, 5.41) is 0. The van der Waals surface area contributed by atoms with E-state index in [9.17, 15) is 0 Å². The minimum atomic E-state index is 0.937. The zero-order valence-corrected chi connectivity index (χ0v) is 11.3. The van der Waals surface area contributed by atoms with Gasteiger partial charge in [-0.1, -0.05) is 6.07 Å². The van der Waals surface area contributed by atoms with E-state index in [-0.39, 0.29) is 0 Å². The maximum Gasteiger partial charge on any atom is 0.123 e. The summed E-state index contributed by atoms with van der Waals surface area (Å²) < 4.78 is 5.50. The summed E-state index contributed by atoms with van der Waals surface area (Å²) in [5.74, 6) is 1.02. The minimum absolute atomic E-state index is 0.937. The van der Waals surface area contributed by atoms with Crippen molar-refractivity contribution in [2.45, 2.75) is 19.5 Å². The molecular weight excluding hydrogens is 212 g/mol. The van der Waals surface area contributed by atoms with Crippen molar-refractivity contribution in [2.75, 3.05) is 34.8 Å². The van der Waals surface area contributed by atoms with Crippen molar-refractivity contribution >= 4 is 0 Å². The van der Waals surface area contributed by atoms with Gasteiger partial charge in [0, 0.05) is 25.2 Å². The van der Waals surface area contributed by atoms with Crippen LogP contribution in [0.25, 0.3) is 0 Å². The highest BCUT2D eigenvalue weighted by molar-refractivity contribution is 5.43. The van der Waals surface area contributed by atoms with Crippen molar-refractivity contribution < 1.29 is 4.74 Å². The Morgan fingerprint density at radius 3 is 2.71 bits per heavy atom. The van der Waals surface area contributed by atoms with Gasteiger partial charge in [0.05, 0.1) is 7.11 Å². The monoisotopic (exact) mass is 234 g/mol. The second kappa shape index (κ2) is 5.07. The summed E-state index contributed by atoms with van der Waals surface area (Å²) in [6.07, 6.45) is 1.15. The first-order valence-electron chi connectivity index (χ1n) is 6.12. The average Bonchev–Trinajstić information content (AvgIpc) is 2.28. The summed E-state index contributed by atoms with van der Waals surface area (Å²) in [6.45, 7) is 3.13. The van der Waals surface area contributed by atoms with Crippen LogP contribution in [0.4, 0.5) is 0 Å². The number of benzene rings is 1. The number of hydrogen-bond donors (Lipinski definition) is 0. The lowest BCUT2D eigenvalue weighted by Crippen LogP contribution is -2.27. The van der Waals surface area contributed by atoms with Gasteiger partial charge in [0.1, 0.15) is 5.75 Å². The number of fused-ring (bicyclic) bond motifs is 1. The lowest BCUT2D eigenvalue weighted by atomic mass is 9.96. The number of likely N-dealkylation sites (N-methyl/N-ethyl adjacent to an activating group) is 1. The molecule has 3 heteroatoms. The molecule has 0 atom stereocenters. The zero-order chi connectivity index (χ0) is 12.4. The van der Waals surface area contributed by atoms with Gasteiger partial charge in [0.15, 0.2) is 0 Å². The fraction of sp³-hybridized carbons (Fsp3) is 0.571. The van der Waals surface area contributed by atoms with Crippen LogP contribution in [0.1, 0.15) is 16.7 Å². The summed E-state index contributed by atoms with van der Waals surface area (Å²) in [4.78, 5) is 4.53. The molecule has 3 nitrogen and oxygen atoms in total. The second-order valence-electron chi connectivity index (χ2n) is 5.16. The molecule has 0 fully saturated rings. The van der Waals surface area contributed by atoms with E-state index in [2.05, 4.69) is 43.1 Å². The lowest BCUT2D eigenvalue weighted by molar-refractivity contribution is 0.310. The van der Waals surface area contributed by atoms with Crippen LogP contribution in [-0.4, -0.2) is 44.6 Å². The molecular formula is C14H22N2O. The third-order valence-corrected chi connectivity index (χ3v) is 3.29. The predicted octanol–water partition coefficient (Wildman–Crippen LogP) is 1.74. The van der Waals surface area contributed by atoms with Gasteiger partial charge in [-0.2, -0.15) is 0 Å². The topological polar surface area (TPSA) is 15.7 Å². The van der Waals surface area contributed by atoms with Crippen LogP contribution >= 0.6 is 0 Å². The van der Waals surface area contributed by atoms with Crippen LogP contribution in [-0.2, 0) is 19.5 Å². The van der Waals surface area contributed by atoms with E-state index in [1.807, 2.05) is 0 Å². The van der Waals surface area contributed by atoms with E-state index in [0.29, 0.717) is 0 Å². The Labute approximate surface area is 104 Å². The van der Waals surface area contributed by atoms with Crippen molar-refractivity contribution in [1.29, 1.82) is 0 Å². The Kier molecular flexibility index (Phi) is 3.69. The molecule has 1 aromatic rings. The van der Waals surface area contributed by atoms with Gasteiger partial charge in [0.25, 0.3) is 0 Å². The molecule has 0 unspecified atom stereocenters. The molecule has 0 N–H and O–H groups in total. The minimum Gasteiger partial charge on any atom is -0.496 e. The maximum atomic E-state index is 5.50. The number of nitrogens with zero attached hydrogens (tertiary/aromatic N) is 2. The summed E-state index contributed by atoms with van der Waals surface area (Å²) in [7, 11) is 8.11. The van der Waals surface area contributed by atoms with E-state index in [1.165, 1.54) is 16.7 Å². The van der Waals surface area contributed by atoms with Crippen LogP contribution in [0.5, 0.6) is 5.75 Å². The number of rotatable bonds is 3. The molecule has 0 aliphatic carbocycles. The SMILES string of the molecule is COc1cc2c(cc1CN(C)C)CCN(C)C2. The van der Waals surface area contributed by atoms with Gasteiger partial charge in [0.2, 0.25) is 0 Å². The molecule has 94 valence electrons. The first-order valence-corrected chi connectivity index (χ1v) is 6.12. The first-order chi connectivity index (χ1) is 8.10. The first kappa shape index (κ1) is 12.4. The third-order valence-electron chi connectivity index (χ3n) is 3.29. The quantitative estimate of drug-likeness (QED) is 0.792. The third kappa shape index (κ3) is 2.79. The van der Waals surface area contributed by atoms with Gasteiger partial charge < -0.3 is 14.5 Å². The summed E-state index contributed by atoms with van der Waals surface area (Å²) >= 11 is 0. The Morgan fingerprint density at radius 1 is 1.29 bits per heavy atom. The van der Waals surface area contributed by atoms with Crippen molar-refractivity contribution in [1.82, 2.24) is 9.80 Å². The smallest absolute Gasteiger partial charge is 0.123 e. The van der Waals surface area contributed by atoms with E-state index in [0.717, 1.165) is 31.8 Å². The van der Waals surface area contributed by atoms with E-state index in [4.69, 9.17) is 4.74 Å². The van der Waals surface area contributed by atoms with E-state index >= 15 is 0 Å². The molecule has 0 aromatic heterocycles. The molecule has 1 aliphatic rings. The highest BCUT2D eigenvalue weighted by Gasteiger charge is 2.16. The van der Waals surface area contributed by atoms with Crippen LogP contribution in [0.2, 0.25) is 0 Å². The largest absolute Gasteiger partial charge is 0.496 e. The van der Waals surface area contributed by atoms with E-state index in [1.54, 1.807) is 7.11 Å². The average molecular weight is 234 g/mol. The Morgan fingerprint density at radius 2 is 2.06 bits per heavy atom. The maximum absolute atomic E-state index is 5.50. The van der Waals surface area contributed by atoms with Gasteiger partial charge in [-0.05, 0) is 44.8 Å². The van der Waals surface area contributed by atoms with Crippen LogP contribution in [0, 0.1) is 0 Å². The number of hydrogen-bond acceptors (Lipinski definition) is 3. The van der Waals surface area contributed by atoms with Crippen molar-refractivity contribution in [3.05, 3.63) is 28.8 Å². The molecule has 0 radical (unpaired) electrons. The van der Waals surface area contributed by atoms with Gasteiger partial charge >= 0.3 is 0 Å². The van der Waals surface area contributed by atoms with Crippen LogP contribution in [0.15, 0.2) is 12.1 Å². The molecule has 0 saturated carbocycles. The van der Waals surface area contributed by atoms with Crippen molar-refractivity contribution in [2.24, 2.45) is 0 Å². The zero-order valence-electron chi connectivity index (χ0n) is 11.3. The van der Waals surface area contributed by atoms with E-state index < -0.39 is 0 Å². The molecule has 1 aliphatic heterocycles. The molecule has 0 spiro atoms. The highest BCUT2D eigenvalue weighted by Crippen LogP contribution is 2.28. The van der Waals surface area contributed by atoms with Crippen molar-refractivity contribution in [3.63, 3.8) is 0 Å². The standard InChI is InChI=1S/C14H22N2O/c1-15(2)9-13-7-11-5-6-16(3)10-12(11)8-14(13)17-4/h7-8H,5-6,9-10H2,1-4H3. The number of methoxy groups -OCH3 is 1. The molecule has 0 bridgehead atoms. The van der Waals surface area contributed by atoms with Gasteiger partial charge in [-0.15, -0.1) is 0 Å². The normalized spacial score (nSPS) is 16.1. The summed E-state index contributed by atoms with van der Waals surface area (Å²) in [5.41, 5.74) is 4.19. The highest BCUT2D eigenvalue weighted by atomic mass is 16.5. The van der Waals surface area contributed by atoms with Gasteiger partial charge in [-0.25, -0.2) is 0 Å². The Balaban J connectivity index is 2.34. The molecule has 1 heterocycles. The van der Waals surface area contributed by atoms with Crippen LogP contribution in [0.3, 0.4) is 0 Å². The summed E-state index contributed by atoms with van der Waals surface area (Å²) in [6, 6.07) is 4.53. The fourth-order valence-electron chi connectivity index (χ4n) is 2.43. The molecule has 0 saturated heterocycles. The Bertz CT molecular complexity index is 401.